The second-order valence-electron chi connectivity index (χ2n) is 6.70. The molecule has 7 nitrogen and oxygen atoms in total. The number of halogens is 3. The van der Waals surface area contributed by atoms with Crippen LogP contribution in [0.25, 0.3) is 5.52 Å². The average Bonchev–Trinajstić information content (AvgIpc) is 3.19. The minimum absolute atomic E-state index is 0.0172. The van der Waals surface area contributed by atoms with E-state index in [1.54, 1.807) is 19.2 Å². The Kier molecular flexibility index (Phi) is 4.19. The molecule has 0 aliphatic carbocycles. The molecule has 4 rings (SSSR count). The largest absolute Gasteiger partial charge is 0.417 e. The SMILES string of the molecule is CCS(=O)(=O)c1c(N2Cc3ncc(C)cc3C2=O)nn2cc(C(F)(F)F)ccc12. The lowest BCUT2D eigenvalue weighted by Crippen LogP contribution is -2.25. The van der Waals surface area contributed by atoms with Crippen LogP contribution >= 0.6 is 0 Å². The number of anilines is 1. The van der Waals surface area contributed by atoms with Crippen LogP contribution in [0.2, 0.25) is 0 Å². The second-order valence-corrected chi connectivity index (χ2v) is 8.91. The number of hydrogen-bond acceptors (Lipinski definition) is 5. The Balaban J connectivity index is 1.94. The van der Waals surface area contributed by atoms with Crippen molar-refractivity contribution in [3.63, 3.8) is 0 Å². The maximum absolute atomic E-state index is 13.1. The van der Waals surface area contributed by atoms with Crippen molar-refractivity contribution in [1.29, 1.82) is 0 Å². The molecule has 0 spiro atoms. The number of carbonyl (C=O) groups is 1. The molecular weight excluding hydrogens is 409 g/mol. The molecule has 0 radical (unpaired) electrons. The smallest absolute Gasteiger partial charge is 0.284 e. The van der Waals surface area contributed by atoms with Crippen LogP contribution in [0.4, 0.5) is 19.0 Å². The molecular formula is C18H15F3N4O3S. The van der Waals surface area contributed by atoms with Crippen molar-refractivity contribution < 1.29 is 26.4 Å². The van der Waals surface area contributed by atoms with Gasteiger partial charge in [0.05, 0.1) is 34.6 Å². The van der Waals surface area contributed by atoms with Gasteiger partial charge in [0.15, 0.2) is 15.7 Å². The zero-order valence-electron chi connectivity index (χ0n) is 15.4. The van der Waals surface area contributed by atoms with Gasteiger partial charge in [-0.05, 0) is 30.7 Å². The number of fused-ring (bicyclic) bond motifs is 2. The van der Waals surface area contributed by atoms with E-state index in [9.17, 15) is 26.4 Å². The summed E-state index contributed by atoms with van der Waals surface area (Å²) in [4.78, 5) is 18.0. The normalized spacial score (nSPS) is 14.7. The number of aromatic nitrogens is 3. The quantitative estimate of drug-likeness (QED) is 0.645. The number of pyridine rings is 2. The molecule has 0 saturated heterocycles. The van der Waals surface area contributed by atoms with Crippen molar-refractivity contribution in [1.82, 2.24) is 14.6 Å². The summed E-state index contributed by atoms with van der Waals surface area (Å²) >= 11 is 0. The molecule has 0 N–H and O–H groups in total. The van der Waals surface area contributed by atoms with E-state index in [1.807, 2.05) is 0 Å². The number of nitrogens with zero attached hydrogens (tertiary/aromatic N) is 4. The minimum Gasteiger partial charge on any atom is -0.284 e. The lowest BCUT2D eigenvalue weighted by atomic mass is 10.2. The van der Waals surface area contributed by atoms with Gasteiger partial charge in [-0.2, -0.15) is 13.2 Å². The van der Waals surface area contributed by atoms with Crippen molar-refractivity contribution in [2.75, 3.05) is 10.7 Å². The van der Waals surface area contributed by atoms with Crippen molar-refractivity contribution in [2.24, 2.45) is 0 Å². The van der Waals surface area contributed by atoms with Gasteiger partial charge in [-0.15, -0.1) is 5.10 Å². The highest BCUT2D eigenvalue weighted by molar-refractivity contribution is 7.91. The molecule has 1 amide bonds. The summed E-state index contributed by atoms with van der Waals surface area (Å²) in [5.74, 6) is -0.996. The molecule has 3 aromatic rings. The molecule has 0 atom stereocenters. The topological polar surface area (TPSA) is 84.6 Å². The minimum atomic E-state index is -4.62. The summed E-state index contributed by atoms with van der Waals surface area (Å²) in [6.07, 6.45) is -2.33. The third-order valence-corrected chi connectivity index (χ3v) is 6.51. The predicted octanol–water partition coefficient (Wildman–Crippen LogP) is 3.01. The van der Waals surface area contributed by atoms with Gasteiger partial charge in [-0.1, -0.05) is 6.92 Å². The highest BCUT2D eigenvalue weighted by atomic mass is 32.2. The van der Waals surface area contributed by atoms with Crippen LogP contribution in [0.1, 0.15) is 34.1 Å². The zero-order valence-corrected chi connectivity index (χ0v) is 16.2. The van der Waals surface area contributed by atoms with Crippen LogP contribution in [-0.2, 0) is 22.6 Å². The summed E-state index contributed by atoms with van der Waals surface area (Å²) in [7, 11) is -3.90. The molecule has 1 aliphatic heterocycles. The number of rotatable bonds is 3. The van der Waals surface area contributed by atoms with Gasteiger partial charge in [0.1, 0.15) is 4.90 Å². The number of hydrogen-bond donors (Lipinski definition) is 0. The van der Waals surface area contributed by atoms with E-state index in [-0.39, 0.29) is 28.5 Å². The van der Waals surface area contributed by atoms with E-state index in [1.165, 1.54) is 6.92 Å². The first-order chi connectivity index (χ1) is 13.5. The molecule has 3 aromatic heterocycles. The van der Waals surface area contributed by atoms with Gasteiger partial charge in [0.25, 0.3) is 5.91 Å². The first-order valence-corrected chi connectivity index (χ1v) is 10.3. The molecule has 0 saturated carbocycles. The van der Waals surface area contributed by atoms with Crippen LogP contribution in [0.3, 0.4) is 0 Å². The molecule has 29 heavy (non-hydrogen) atoms. The standard InChI is InChI=1S/C18H15F3N4O3S/c1-3-29(27,28)15-14-5-4-11(18(19,20)21)8-25(14)23-16(15)24-9-13-12(17(24)26)6-10(2)7-22-13/h4-8H,3,9H2,1-2H3. The maximum atomic E-state index is 13.1. The first-order valence-electron chi connectivity index (χ1n) is 8.62. The Morgan fingerprint density at radius 2 is 1.97 bits per heavy atom. The highest BCUT2D eigenvalue weighted by Gasteiger charge is 2.37. The molecule has 0 aromatic carbocycles. The fraction of sp³-hybridized carbons (Fsp3) is 0.278. The van der Waals surface area contributed by atoms with E-state index in [0.29, 0.717) is 17.5 Å². The Hall–Kier alpha value is -2.95. The first kappa shape index (κ1) is 19.4. The number of carbonyl (C=O) groups excluding carboxylic acids is 1. The van der Waals surface area contributed by atoms with E-state index < -0.39 is 27.5 Å². The molecule has 0 bridgehead atoms. The number of aryl methyl sites for hydroxylation is 1. The molecule has 0 unspecified atom stereocenters. The third kappa shape index (κ3) is 3.05. The number of amides is 1. The Bertz CT molecular complexity index is 1270. The van der Waals surface area contributed by atoms with Crippen LogP contribution in [-0.4, -0.2) is 34.7 Å². The van der Waals surface area contributed by atoms with Crippen molar-refractivity contribution in [3.8, 4) is 0 Å². The molecule has 1 aliphatic rings. The summed E-state index contributed by atoms with van der Waals surface area (Å²) in [5, 5.41) is 4.05. The van der Waals surface area contributed by atoms with Gasteiger partial charge in [-0.3, -0.25) is 14.7 Å². The van der Waals surface area contributed by atoms with E-state index in [2.05, 4.69) is 10.1 Å². The van der Waals surface area contributed by atoms with Gasteiger partial charge >= 0.3 is 6.18 Å². The van der Waals surface area contributed by atoms with Crippen molar-refractivity contribution in [3.05, 3.63) is 53.0 Å². The Morgan fingerprint density at radius 1 is 1.24 bits per heavy atom. The van der Waals surface area contributed by atoms with Crippen LogP contribution < -0.4 is 4.90 Å². The summed E-state index contributed by atoms with van der Waals surface area (Å²) < 4.78 is 65.5. The lowest BCUT2D eigenvalue weighted by Gasteiger charge is -2.14. The number of sulfone groups is 1. The fourth-order valence-corrected chi connectivity index (χ4v) is 4.45. The van der Waals surface area contributed by atoms with E-state index in [0.717, 1.165) is 27.1 Å². The summed E-state index contributed by atoms with van der Waals surface area (Å²) in [6.45, 7) is 3.16. The van der Waals surface area contributed by atoms with Gasteiger partial charge in [0, 0.05) is 12.4 Å². The van der Waals surface area contributed by atoms with Gasteiger partial charge in [-0.25, -0.2) is 12.9 Å². The fourth-order valence-electron chi connectivity index (χ4n) is 3.25. The van der Waals surface area contributed by atoms with Crippen molar-refractivity contribution in [2.45, 2.75) is 31.5 Å². The highest BCUT2D eigenvalue weighted by Crippen LogP contribution is 2.36. The van der Waals surface area contributed by atoms with Gasteiger partial charge in [0.2, 0.25) is 0 Å². The monoisotopic (exact) mass is 424 g/mol. The van der Waals surface area contributed by atoms with Crippen LogP contribution in [0.5, 0.6) is 0 Å². The van der Waals surface area contributed by atoms with Crippen LogP contribution in [0, 0.1) is 6.92 Å². The molecule has 152 valence electrons. The van der Waals surface area contributed by atoms with E-state index >= 15 is 0 Å². The lowest BCUT2D eigenvalue weighted by molar-refractivity contribution is -0.137. The van der Waals surface area contributed by atoms with Crippen LogP contribution in [0.15, 0.2) is 35.5 Å². The zero-order chi connectivity index (χ0) is 21.1. The van der Waals surface area contributed by atoms with Gasteiger partial charge < -0.3 is 0 Å². The second kappa shape index (κ2) is 6.28. The number of alkyl halides is 3. The molecule has 4 heterocycles. The third-order valence-electron chi connectivity index (χ3n) is 4.73. The summed E-state index contributed by atoms with van der Waals surface area (Å²) in [5.41, 5.74) is 0.520. The maximum Gasteiger partial charge on any atom is 0.417 e. The molecule has 0 fully saturated rings. The predicted molar refractivity (Wildman–Crippen MR) is 97.4 cm³/mol. The average molecular weight is 424 g/mol. The Morgan fingerprint density at radius 3 is 2.62 bits per heavy atom. The Labute approximate surface area is 163 Å². The molecule has 11 heteroatoms. The summed E-state index contributed by atoms with van der Waals surface area (Å²) in [6, 6.07) is 3.48. The van der Waals surface area contributed by atoms with E-state index in [4.69, 9.17) is 0 Å². The van der Waals surface area contributed by atoms with Crippen molar-refractivity contribution >= 4 is 27.1 Å².